The van der Waals surface area contributed by atoms with Crippen LogP contribution in [0.4, 0.5) is 0 Å². The zero-order chi connectivity index (χ0) is 14.5. The fraction of sp³-hybridized carbons (Fsp3) is 0.500. The number of amides is 1. The van der Waals surface area contributed by atoms with Gasteiger partial charge in [0.1, 0.15) is 6.54 Å². The summed E-state index contributed by atoms with van der Waals surface area (Å²) in [6.07, 6.45) is 0. The van der Waals surface area contributed by atoms with Crippen LogP contribution in [0.25, 0.3) is 10.7 Å². The number of nitrogens with zero attached hydrogens (tertiary/aromatic N) is 4. The van der Waals surface area contributed by atoms with E-state index in [0.29, 0.717) is 5.82 Å². The molecule has 0 aliphatic heterocycles. The van der Waals surface area contributed by atoms with Crippen molar-refractivity contribution < 1.29 is 9.90 Å². The fourth-order valence-corrected chi connectivity index (χ4v) is 2.19. The van der Waals surface area contributed by atoms with Crippen LogP contribution in [0.3, 0.4) is 0 Å². The molecule has 0 bridgehead atoms. The van der Waals surface area contributed by atoms with Crippen LogP contribution in [-0.4, -0.2) is 43.9 Å². The Balaban J connectivity index is 1.92. The third-order valence-electron chi connectivity index (χ3n) is 3.01. The average Bonchev–Trinajstić information content (AvgIpc) is 3.07. The van der Waals surface area contributed by atoms with Crippen molar-refractivity contribution in [3.63, 3.8) is 0 Å². The van der Waals surface area contributed by atoms with Crippen LogP contribution < -0.4 is 5.32 Å². The van der Waals surface area contributed by atoms with E-state index in [1.54, 1.807) is 0 Å². The van der Waals surface area contributed by atoms with Crippen LogP contribution in [0, 0.1) is 5.92 Å². The third kappa shape index (κ3) is 3.61. The molecule has 2 aromatic rings. The number of rotatable bonds is 6. The van der Waals surface area contributed by atoms with Crippen molar-refractivity contribution in [2.75, 3.05) is 6.61 Å². The number of thiophene rings is 1. The van der Waals surface area contributed by atoms with Crippen molar-refractivity contribution in [1.29, 1.82) is 0 Å². The maximum atomic E-state index is 11.8. The summed E-state index contributed by atoms with van der Waals surface area (Å²) in [5.41, 5.74) is 0. The van der Waals surface area contributed by atoms with E-state index in [1.807, 2.05) is 31.4 Å². The Kier molecular flexibility index (Phi) is 4.80. The molecule has 2 atom stereocenters. The van der Waals surface area contributed by atoms with Gasteiger partial charge in [-0.05, 0) is 29.5 Å². The van der Waals surface area contributed by atoms with Gasteiger partial charge in [-0.2, -0.15) is 4.80 Å². The minimum atomic E-state index is -0.201. The van der Waals surface area contributed by atoms with Gasteiger partial charge < -0.3 is 10.4 Å². The van der Waals surface area contributed by atoms with Crippen molar-refractivity contribution >= 4 is 17.2 Å². The van der Waals surface area contributed by atoms with Crippen LogP contribution in [0.2, 0.25) is 0 Å². The Morgan fingerprint density at radius 3 is 3.00 bits per heavy atom. The number of hydrogen-bond acceptors (Lipinski definition) is 6. The first-order chi connectivity index (χ1) is 9.60. The monoisotopic (exact) mass is 295 g/mol. The van der Waals surface area contributed by atoms with E-state index >= 15 is 0 Å². The standard InChI is InChI=1S/C12H17N5O2S/c1-8(7-18)9(2)13-11(19)6-17-15-12(14-16-17)10-4-3-5-20-10/h3-5,8-9,18H,6-7H2,1-2H3,(H,13,19). The van der Waals surface area contributed by atoms with Crippen LogP contribution in [0.5, 0.6) is 0 Å². The molecular weight excluding hydrogens is 278 g/mol. The third-order valence-corrected chi connectivity index (χ3v) is 3.88. The predicted octanol–water partition coefficient (Wildman–Crippen LogP) is 0.535. The van der Waals surface area contributed by atoms with Gasteiger partial charge in [-0.3, -0.25) is 4.79 Å². The smallest absolute Gasteiger partial charge is 0.243 e. The molecule has 2 rings (SSSR count). The summed E-state index contributed by atoms with van der Waals surface area (Å²) in [7, 11) is 0. The molecule has 0 aliphatic carbocycles. The Labute approximate surface area is 120 Å². The zero-order valence-corrected chi connectivity index (χ0v) is 12.2. The van der Waals surface area contributed by atoms with Gasteiger partial charge in [-0.15, -0.1) is 21.5 Å². The fourth-order valence-electron chi connectivity index (χ4n) is 1.54. The molecular formula is C12H17N5O2S. The normalized spacial score (nSPS) is 13.9. The van der Waals surface area contributed by atoms with Crippen molar-refractivity contribution in [1.82, 2.24) is 25.5 Å². The van der Waals surface area contributed by atoms with Crippen LogP contribution >= 0.6 is 11.3 Å². The van der Waals surface area contributed by atoms with E-state index in [9.17, 15) is 4.79 Å². The Morgan fingerprint density at radius 1 is 1.55 bits per heavy atom. The van der Waals surface area contributed by atoms with Crippen LogP contribution in [0.1, 0.15) is 13.8 Å². The number of aliphatic hydroxyl groups is 1. The molecule has 0 spiro atoms. The lowest BCUT2D eigenvalue weighted by molar-refractivity contribution is -0.123. The number of hydrogen-bond donors (Lipinski definition) is 2. The maximum Gasteiger partial charge on any atom is 0.243 e. The summed E-state index contributed by atoms with van der Waals surface area (Å²) in [4.78, 5) is 14.0. The van der Waals surface area contributed by atoms with Gasteiger partial charge in [0.05, 0.1) is 4.88 Å². The maximum absolute atomic E-state index is 11.8. The van der Waals surface area contributed by atoms with Crippen LogP contribution in [-0.2, 0) is 11.3 Å². The highest BCUT2D eigenvalue weighted by Crippen LogP contribution is 2.19. The lowest BCUT2D eigenvalue weighted by Gasteiger charge is -2.18. The summed E-state index contributed by atoms with van der Waals surface area (Å²) >= 11 is 1.52. The molecule has 2 unspecified atom stereocenters. The summed E-state index contributed by atoms with van der Waals surface area (Å²) < 4.78 is 0. The highest BCUT2D eigenvalue weighted by molar-refractivity contribution is 7.13. The summed E-state index contributed by atoms with van der Waals surface area (Å²) in [6, 6.07) is 3.70. The molecule has 2 heterocycles. The lowest BCUT2D eigenvalue weighted by atomic mass is 10.1. The second kappa shape index (κ2) is 6.58. The quantitative estimate of drug-likeness (QED) is 0.811. The van der Waals surface area contributed by atoms with Gasteiger partial charge in [-0.25, -0.2) is 0 Å². The SMILES string of the molecule is CC(CO)C(C)NC(=O)Cn1nnc(-c2cccs2)n1. The van der Waals surface area contributed by atoms with E-state index in [-0.39, 0.29) is 31.0 Å². The molecule has 0 saturated heterocycles. The molecule has 0 aromatic carbocycles. The second-order valence-electron chi connectivity index (χ2n) is 4.64. The minimum absolute atomic E-state index is 0.00401. The molecule has 20 heavy (non-hydrogen) atoms. The van der Waals surface area contributed by atoms with E-state index in [2.05, 4.69) is 20.7 Å². The predicted molar refractivity (Wildman–Crippen MR) is 75.0 cm³/mol. The van der Waals surface area contributed by atoms with Gasteiger partial charge in [0.15, 0.2) is 0 Å². The summed E-state index contributed by atoms with van der Waals surface area (Å²) in [5.74, 6) is 0.321. The number of carbonyl (C=O) groups excluding carboxylic acids is 1. The van der Waals surface area contributed by atoms with E-state index in [1.165, 1.54) is 16.1 Å². The largest absolute Gasteiger partial charge is 0.396 e. The number of carbonyl (C=O) groups is 1. The number of tetrazole rings is 1. The number of aromatic nitrogens is 4. The van der Waals surface area contributed by atoms with Crippen molar-refractivity contribution in [3.05, 3.63) is 17.5 Å². The average molecular weight is 295 g/mol. The van der Waals surface area contributed by atoms with Gasteiger partial charge in [0, 0.05) is 12.6 Å². The Bertz CT molecular complexity index is 554. The molecule has 0 fully saturated rings. The Morgan fingerprint density at radius 2 is 2.35 bits per heavy atom. The first-order valence-electron chi connectivity index (χ1n) is 6.32. The van der Waals surface area contributed by atoms with E-state index < -0.39 is 0 Å². The first kappa shape index (κ1) is 14.6. The molecule has 0 saturated carbocycles. The van der Waals surface area contributed by atoms with Gasteiger partial charge >= 0.3 is 0 Å². The zero-order valence-electron chi connectivity index (χ0n) is 11.4. The van der Waals surface area contributed by atoms with Gasteiger partial charge in [0.25, 0.3) is 0 Å². The van der Waals surface area contributed by atoms with E-state index in [4.69, 9.17) is 5.11 Å². The van der Waals surface area contributed by atoms with Gasteiger partial charge in [0.2, 0.25) is 11.7 Å². The molecule has 8 heteroatoms. The minimum Gasteiger partial charge on any atom is -0.396 e. The molecule has 108 valence electrons. The van der Waals surface area contributed by atoms with Crippen LogP contribution in [0.15, 0.2) is 17.5 Å². The molecule has 2 N–H and O–H groups in total. The lowest BCUT2D eigenvalue weighted by Crippen LogP contribution is -2.40. The molecule has 7 nitrogen and oxygen atoms in total. The number of aliphatic hydroxyl groups excluding tert-OH is 1. The van der Waals surface area contributed by atoms with Crippen molar-refractivity contribution in [2.45, 2.75) is 26.4 Å². The first-order valence-corrected chi connectivity index (χ1v) is 7.20. The second-order valence-corrected chi connectivity index (χ2v) is 5.58. The molecule has 2 aromatic heterocycles. The molecule has 0 radical (unpaired) electrons. The highest BCUT2D eigenvalue weighted by atomic mass is 32.1. The van der Waals surface area contributed by atoms with E-state index in [0.717, 1.165) is 4.88 Å². The number of nitrogens with one attached hydrogen (secondary N) is 1. The highest BCUT2D eigenvalue weighted by Gasteiger charge is 2.15. The molecule has 0 aliphatic rings. The molecule has 1 amide bonds. The van der Waals surface area contributed by atoms with Gasteiger partial charge in [-0.1, -0.05) is 13.0 Å². The summed E-state index contributed by atoms with van der Waals surface area (Å²) in [5, 5.41) is 25.7. The Hall–Kier alpha value is -1.80. The van der Waals surface area contributed by atoms with Crippen molar-refractivity contribution in [3.8, 4) is 10.7 Å². The topological polar surface area (TPSA) is 92.9 Å². The summed E-state index contributed by atoms with van der Waals surface area (Å²) in [6.45, 7) is 3.77. The van der Waals surface area contributed by atoms with Crippen molar-refractivity contribution in [2.24, 2.45) is 5.92 Å².